The number of rotatable bonds is 2. The summed E-state index contributed by atoms with van der Waals surface area (Å²) in [6.07, 6.45) is 3.87. The fourth-order valence-corrected chi connectivity index (χ4v) is 3.30. The highest BCUT2D eigenvalue weighted by Crippen LogP contribution is 2.39. The highest BCUT2D eigenvalue weighted by Gasteiger charge is 2.31. The molecule has 2 heterocycles. The Morgan fingerprint density at radius 1 is 1.39 bits per heavy atom. The molecular formula is C15H20N2O. The molecule has 1 aromatic carbocycles. The molecule has 1 unspecified atom stereocenters. The zero-order valence-electron chi connectivity index (χ0n) is 10.9. The van der Waals surface area contributed by atoms with E-state index in [9.17, 15) is 4.79 Å². The number of nitrogens with zero attached hydrogens (tertiary/aromatic N) is 1. The van der Waals surface area contributed by atoms with Crippen LogP contribution in [-0.2, 0) is 11.2 Å². The van der Waals surface area contributed by atoms with Crippen molar-refractivity contribution in [3.63, 3.8) is 0 Å². The van der Waals surface area contributed by atoms with Gasteiger partial charge in [0.25, 0.3) is 0 Å². The van der Waals surface area contributed by atoms with Crippen LogP contribution in [0.1, 0.15) is 43.4 Å². The van der Waals surface area contributed by atoms with Crippen molar-refractivity contribution in [2.45, 2.75) is 38.6 Å². The molecule has 0 saturated heterocycles. The Labute approximate surface area is 108 Å². The number of hydrogen-bond donors (Lipinski definition) is 1. The van der Waals surface area contributed by atoms with Crippen molar-refractivity contribution in [3.8, 4) is 0 Å². The van der Waals surface area contributed by atoms with Crippen LogP contribution in [0.4, 0.5) is 5.69 Å². The fraction of sp³-hybridized carbons (Fsp3) is 0.533. The largest absolute Gasteiger partial charge is 0.326 e. The molecule has 2 aliphatic heterocycles. The van der Waals surface area contributed by atoms with E-state index in [4.69, 9.17) is 0 Å². The van der Waals surface area contributed by atoms with Crippen molar-refractivity contribution >= 4 is 11.6 Å². The Kier molecular flexibility index (Phi) is 3.08. The Morgan fingerprint density at radius 2 is 2.28 bits per heavy atom. The van der Waals surface area contributed by atoms with Crippen molar-refractivity contribution < 1.29 is 4.79 Å². The maximum Gasteiger partial charge on any atom is 0.224 e. The molecule has 0 radical (unpaired) electrons. The van der Waals surface area contributed by atoms with E-state index >= 15 is 0 Å². The Hall–Kier alpha value is -1.35. The molecule has 96 valence electrons. The Balaban J connectivity index is 2.04. The monoisotopic (exact) mass is 244 g/mol. The smallest absolute Gasteiger partial charge is 0.224 e. The average molecular weight is 244 g/mol. The highest BCUT2D eigenvalue weighted by molar-refractivity contribution is 5.92. The van der Waals surface area contributed by atoms with Gasteiger partial charge in [0.2, 0.25) is 5.91 Å². The standard InChI is InChI=1S/C15H20N2O/c1-2-9-17-10-8-11-4-3-5-12-15(11)13(17)6-7-14(18)16-12/h3-5,13H,2,6-10H2,1H3,(H,16,18). The molecule has 3 heteroatoms. The lowest BCUT2D eigenvalue weighted by Gasteiger charge is -2.37. The number of amides is 1. The second-order valence-electron chi connectivity index (χ2n) is 5.27. The Morgan fingerprint density at radius 3 is 3.11 bits per heavy atom. The van der Waals surface area contributed by atoms with E-state index in [0.29, 0.717) is 12.5 Å². The summed E-state index contributed by atoms with van der Waals surface area (Å²) < 4.78 is 0. The minimum absolute atomic E-state index is 0.161. The lowest BCUT2D eigenvalue weighted by atomic mass is 9.89. The summed E-state index contributed by atoms with van der Waals surface area (Å²) in [4.78, 5) is 14.3. The minimum Gasteiger partial charge on any atom is -0.326 e. The van der Waals surface area contributed by atoms with Gasteiger partial charge in [0.05, 0.1) is 0 Å². The number of carbonyl (C=O) groups excluding carboxylic acids is 1. The first-order valence-corrected chi connectivity index (χ1v) is 6.95. The van der Waals surface area contributed by atoms with Gasteiger partial charge in [0.1, 0.15) is 0 Å². The fourth-order valence-electron chi connectivity index (χ4n) is 3.30. The third-order valence-electron chi connectivity index (χ3n) is 4.07. The van der Waals surface area contributed by atoms with Gasteiger partial charge in [-0.15, -0.1) is 0 Å². The van der Waals surface area contributed by atoms with Gasteiger partial charge < -0.3 is 5.32 Å². The Bertz CT molecular complexity index is 470. The molecule has 2 aliphatic rings. The normalized spacial score (nSPS) is 23.2. The average Bonchev–Trinajstić information content (AvgIpc) is 2.54. The van der Waals surface area contributed by atoms with Crippen LogP contribution >= 0.6 is 0 Å². The quantitative estimate of drug-likeness (QED) is 0.867. The maximum atomic E-state index is 11.8. The summed E-state index contributed by atoms with van der Waals surface area (Å²) in [5, 5.41) is 3.06. The van der Waals surface area contributed by atoms with Crippen LogP contribution in [0.3, 0.4) is 0 Å². The summed E-state index contributed by atoms with van der Waals surface area (Å²) in [7, 11) is 0. The van der Waals surface area contributed by atoms with E-state index in [1.165, 1.54) is 17.5 Å². The van der Waals surface area contributed by atoms with Crippen LogP contribution in [0.25, 0.3) is 0 Å². The van der Waals surface area contributed by atoms with E-state index in [1.807, 2.05) is 6.07 Å². The van der Waals surface area contributed by atoms with Crippen LogP contribution in [0.5, 0.6) is 0 Å². The zero-order chi connectivity index (χ0) is 12.5. The number of hydrogen-bond acceptors (Lipinski definition) is 2. The van der Waals surface area contributed by atoms with Crippen LogP contribution in [0.2, 0.25) is 0 Å². The summed E-state index contributed by atoms with van der Waals surface area (Å²) in [6, 6.07) is 6.76. The molecule has 1 atom stereocenters. The molecule has 1 aromatic rings. The predicted octanol–water partition coefficient (Wildman–Crippen LogP) is 2.73. The molecule has 0 spiro atoms. The first kappa shape index (κ1) is 11.7. The van der Waals surface area contributed by atoms with Gasteiger partial charge >= 0.3 is 0 Å². The van der Waals surface area contributed by atoms with Crippen molar-refractivity contribution in [3.05, 3.63) is 29.3 Å². The molecular weight excluding hydrogens is 224 g/mol. The lowest BCUT2D eigenvalue weighted by Crippen LogP contribution is -2.35. The second-order valence-corrected chi connectivity index (χ2v) is 5.27. The number of benzene rings is 1. The lowest BCUT2D eigenvalue weighted by molar-refractivity contribution is -0.116. The van der Waals surface area contributed by atoms with Gasteiger partial charge in [-0.05, 0) is 43.0 Å². The van der Waals surface area contributed by atoms with E-state index in [-0.39, 0.29) is 5.91 Å². The van der Waals surface area contributed by atoms with Crippen LogP contribution < -0.4 is 5.32 Å². The summed E-state index contributed by atoms with van der Waals surface area (Å²) in [6.45, 7) is 4.48. The van der Waals surface area contributed by atoms with Gasteiger partial charge in [-0.25, -0.2) is 0 Å². The van der Waals surface area contributed by atoms with Gasteiger partial charge in [-0.1, -0.05) is 19.1 Å². The van der Waals surface area contributed by atoms with Crippen molar-refractivity contribution in [2.75, 3.05) is 18.4 Å². The van der Waals surface area contributed by atoms with Gasteiger partial charge in [-0.3, -0.25) is 9.69 Å². The summed E-state index contributed by atoms with van der Waals surface area (Å²) in [5.41, 5.74) is 3.84. The van der Waals surface area contributed by atoms with Crippen molar-refractivity contribution in [1.82, 2.24) is 4.90 Å². The molecule has 0 fully saturated rings. The molecule has 0 saturated carbocycles. The molecule has 0 aliphatic carbocycles. The first-order chi connectivity index (χ1) is 8.79. The minimum atomic E-state index is 0.161. The van der Waals surface area contributed by atoms with E-state index in [2.05, 4.69) is 29.3 Å². The maximum absolute atomic E-state index is 11.8. The van der Waals surface area contributed by atoms with E-state index in [0.717, 1.165) is 31.6 Å². The van der Waals surface area contributed by atoms with Crippen molar-refractivity contribution in [2.24, 2.45) is 0 Å². The third kappa shape index (κ3) is 1.93. The summed E-state index contributed by atoms with van der Waals surface area (Å²) in [5.74, 6) is 0.161. The van der Waals surface area contributed by atoms with Crippen molar-refractivity contribution in [1.29, 1.82) is 0 Å². The number of carbonyl (C=O) groups is 1. The van der Waals surface area contributed by atoms with Gasteiger partial charge in [0.15, 0.2) is 0 Å². The zero-order valence-corrected chi connectivity index (χ0v) is 10.9. The number of anilines is 1. The molecule has 1 amide bonds. The van der Waals surface area contributed by atoms with Crippen LogP contribution in [0, 0.1) is 0 Å². The topological polar surface area (TPSA) is 32.3 Å². The van der Waals surface area contributed by atoms with Crippen LogP contribution in [0.15, 0.2) is 18.2 Å². The first-order valence-electron chi connectivity index (χ1n) is 6.95. The second kappa shape index (κ2) is 4.73. The van der Waals surface area contributed by atoms with E-state index in [1.54, 1.807) is 0 Å². The highest BCUT2D eigenvalue weighted by atomic mass is 16.1. The molecule has 0 bridgehead atoms. The number of nitrogens with one attached hydrogen (secondary N) is 1. The molecule has 3 rings (SSSR count). The molecule has 1 N–H and O–H groups in total. The predicted molar refractivity (Wildman–Crippen MR) is 72.6 cm³/mol. The van der Waals surface area contributed by atoms with Gasteiger partial charge in [0, 0.05) is 24.7 Å². The van der Waals surface area contributed by atoms with Crippen LogP contribution in [-0.4, -0.2) is 23.9 Å². The molecule has 18 heavy (non-hydrogen) atoms. The summed E-state index contributed by atoms with van der Waals surface area (Å²) >= 11 is 0. The SMILES string of the molecule is CCCN1CCc2cccc3c2C1CCC(=O)N3. The third-order valence-corrected chi connectivity index (χ3v) is 4.07. The van der Waals surface area contributed by atoms with Gasteiger partial charge in [-0.2, -0.15) is 0 Å². The van der Waals surface area contributed by atoms with E-state index < -0.39 is 0 Å². The molecule has 0 aromatic heterocycles. The molecule has 3 nitrogen and oxygen atoms in total.